The van der Waals surface area contributed by atoms with Gasteiger partial charge < -0.3 is 5.11 Å². The molecular formula is C13H27NO4S2. The van der Waals surface area contributed by atoms with Crippen LogP contribution < -0.4 is 5.32 Å². The van der Waals surface area contributed by atoms with E-state index in [0.29, 0.717) is 12.2 Å². The Kier molecular flexibility index (Phi) is 8.77. The van der Waals surface area contributed by atoms with Gasteiger partial charge in [-0.1, -0.05) is 6.42 Å². The number of unbranched alkanes of at least 4 members (excludes halogenated alkanes) is 1. The van der Waals surface area contributed by atoms with Crippen LogP contribution in [0.5, 0.6) is 0 Å². The Bertz CT molecular complexity index is 395. The van der Waals surface area contributed by atoms with E-state index in [0.717, 1.165) is 18.6 Å². The van der Waals surface area contributed by atoms with Crippen molar-refractivity contribution in [3.63, 3.8) is 0 Å². The monoisotopic (exact) mass is 325 g/mol. The van der Waals surface area contributed by atoms with Crippen LogP contribution in [-0.4, -0.2) is 54.6 Å². The lowest BCUT2D eigenvalue weighted by Crippen LogP contribution is -2.52. The number of carboxylic acid groups (broad SMARTS) is 1. The molecule has 2 N–H and O–H groups in total. The SMILES string of the molecule is CC(C)NC(C)(CCCCSCCS(C)(=O)=O)C(=O)O. The van der Waals surface area contributed by atoms with Crippen LogP contribution in [0.1, 0.15) is 40.0 Å². The molecule has 0 bridgehead atoms. The van der Waals surface area contributed by atoms with Crippen LogP contribution in [0.25, 0.3) is 0 Å². The van der Waals surface area contributed by atoms with Crippen molar-refractivity contribution >= 4 is 27.6 Å². The van der Waals surface area contributed by atoms with Gasteiger partial charge in [0.05, 0.1) is 5.75 Å². The zero-order valence-corrected chi connectivity index (χ0v) is 14.4. The lowest BCUT2D eigenvalue weighted by molar-refractivity contribution is -0.144. The second-order valence-electron chi connectivity index (χ2n) is 5.64. The first-order valence-electron chi connectivity index (χ1n) is 6.83. The summed E-state index contributed by atoms with van der Waals surface area (Å²) < 4.78 is 21.9. The fourth-order valence-corrected chi connectivity index (χ4v) is 4.17. The van der Waals surface area contributed by atoms with Gasteiger partial charge in [0.1, 0.15) is 15.4 Å². The van der Waals surface area contributed by atoms with Crippen molar-refractivity contribution in [3.8, 4) is 0 Å². The maximum Gasteiger partial charge on any atom is 0.323 e. The summed E-state index contributed by atoms with van der Waals surface area (Å²) in [5.74, 6) is 0.863. The van der Waals surface area contributed by atoms with Gasteiger partial charge in [-0.3, -0.25) is 10.1 Å². The molecule has 5 nitrogen and oxygen atoms in total. The smallest absolute Gasteiger partial charge is 0.323 e. The molecule has 0 spiro atoms. The Labute approximate surface area is 126 Å². The molecule has 0 fully saturated rings. The molecule has 0 heterocycles. The van der Waals surface area contributed by atoms with E-state index in [1.165, 1.54) is 6.26 Å². The van der Waals surface area contributed by atoms with E-state index in [9.17, 15) is 18.3 Å². The molecule has 1 atom stereocenters. The van der Waals surface area contributed by atoms with E-state index in [4.69, 9.17) is 0 Å². The van der Waals surface area contributed by atoms with Crippen LogP contribution in [0.15, 0.2) is 0 Å². The zero-order valence-electron chi connectivity index (χ0n) is 12.8. The van der Waals surface area contributed by atoms with E-state index in [1.807, 2.05) is 13.8 Å². The minimum atomic E-state index is -2.87. The topological polar surface area (TPSA) is 83.5 Å². The number of carbonyl (C=O) groups is 1. The molecule has 0 aliphatic rings. The van der Waals surface area contributed by atoms with Gasteiger partial charge in [-0.15, -0.1) is 0 Å². The molecule has 0 aromatic heterocycles. The van der Waals surface area contributed by atoms with Gasteiger partial charge in [0.15, 0.2) is 0 Å². The minimum absolute atomic E-state index is 0.125. The number of sulfone groups is 1. The van der Waals surface area contributed by atoms with Crippen molar-refractivity contribution in [2.75, 3.05) is 23.5 Å². The Morgan fingerprint density at radius 2 is 1.90 bits per heavy atom. The van der Waals surface area contributed by atoms with Crippen LogP contribution in [0.2, 0.25) is 0 Å². The molecule has 0 radical (unpaired) electrons. The average Bonchev–Trinajstić information content (AvgIpc) is 2.25. The highest BCUT2D eigenvalue weighted by Gasteiger charge is 2.32. The molecular weight excluding hydrogens is 298 g/mol. The first-order valence-corrected chi connectivity index (χ1v) is 10.0. The molecule has 7 heteroatoms. The third kappa shape index (κ3) is 9.61. The molecule has 0 aliphatic carbocycles. The maximum atomic E-state index is 11.3. The van der Waals surface area contributed by atoms with Crippen LogP contribution in [0, 0.1) is 0 Å². The standard InChI is InChI=1S/C13H27NO4S2/c1-11(2)14-13(3,12(15)16)7-5-6-8-19-9-10-20(4,17)18/h11,14H,5-10H2,1-4H3,(H,15,16). The minimum Gasteiger partial charge on any atom is -0.480 e. The fraction of sp³-hybridized carbons (Fsp3) is 0.923. The predicted molar refractivity (Wildman–Crippen MR) is 85.2 cm³/mol. The second kappa shape index (κ2) is 8.89. The summed E-state index contributed by atoms with van der Waals surface area (Å²) in [6, 6.07) is 0.125. The molecule has 0 aromatic carbocycles. The molecule has 0 rings (SSSR count). The third-order valence-corrected chi connectivity index (χ3v) is 5.17. The normalized spacial score (nSPS) is 15.2. The molecule has 1 unspecified atom stereocenters. The highest BCUT2D eigenvalue weighted by molar-refractivity contribution is 8.00. The van der Waals surface area contributed by atoms with E-state index >= 15 is 0 Å². The van der Waals surface area contributed by atoms with Crippen LogP contribution >= 0.6 is 11.8 Å². The molecule has 20 heavy (non-hydrogen) atoms. The Hall–Kier alpha value is -0.270. The van der Waals surface area contributed by atoms with Crippen molar-refractivity contribution in [2.45, 2.75) is 51.6 Å². The van der Waals surface area contributed by atoms with Crippen LogP contribution in [0.4, 0.5) is 0 Å². The number of hydrogen-bond donors (Lipinski definition) is 2. The number of thioether (sulfide) groups is 1. The van der Waals surface area contributed by atoms with E-state index < -0.39 is 21.3 Å². The summed E-state index contributed by atoms with van der Waals surface area (Å²) >= 11 is 1.61. The second-order valence-corrected chi connectivity index (χ2v) is 9.12. The first kappa shape index (κ1) is 19.7. The van der Waals surface area contributed by atoms with E-state index in [1.54, 1.807) is 18.7 Å². The van der Waals surface area contributed by atoms with Crippen molar-refractivity contribution < 1.29 is 18.3 Å². The predicted octanol–water partition coefficient (Wildman–Crippen LogP) is 1.78. The largest absolute Gasteiger partial charge is 0.480 e. The molecule has 0 aliphatic heterocycles. The summed E-state index contributed by atoms with van der Waals surface area (Å²) in [5, 5.41) is 12.4. The summed E-state index contributed by atoms with van der Waals surface area (Å²) in [4.78, 5) is 11.3. The number of nitrogens with one attached hydrogen (secondary N) is 1. The molecule has 0 aromatic rings. The number of rotatable bonds is 11. The summed E-state index contributed by atoms with van der Waals surface area (Å²) in [6.07, 6.45) is 3.53. The number of hydrogen-bond acceptors (Lipinski definition) is 5. The highest BCUT2D eigenvalue weighted by Crippen LogP contribution is 2.17. The van der Waals surface area contributed by atoms with Gasteiger partial charge in [-0.25, -0.2) is 8.42 Å². The first-order chi connectivity index (χ1) is 9.07. The van der Waals surface area contributed by atoms with Crippen LogP contribution in [0.3, 0.4) is 0 Å². The van der Waals surface area contributed by atoms with Gasteiger partial charge in [0.25, 0.3) is 0 Å². The molecule has 0 saturated heterocycles. The Balaban J connectivity index is 3.88. The Morgan fingerprint density at radius 1 is 1.30 bits per heavy atom. The van der Waals surface area contributed by atoms with Crippen molar-refractivity contribution in [3.05, 3.63) is 0 Å². The van der Waals surface area contributed by atoms with Gasteiger partial charge in [-0.2, -0.15) is 11.8 Å². The fourth-order valence-electron chi connectivity index (χ4n) is 1.87. The van der Waals surface area contributed by atoms with Crippen molar-refractivity contribution in [2.24, 2.45) is 0 Å². The zero-order chi connectivity index (χ0) is 15.8. The van der Waals surface area contributed by atoms with Crippen molar-refractivity contribution in [1.29, 1.82) is 0 Å². The number of aliphatic carboxylic acids is 1. The van der Waals surface area contributed by atoms with Crippen molar-refractivity contribution in [1.82, 2.24) is 5.32 Å². The van der Waals surface area contributed by atoms with Gasteiger partial charge >= 0.3 is 5.97 Å². The van der Waals surface area contributed by atoms with E-state index in [-0.39, 0.29) is 11.8 Å². The average molecular weight is 325 g/mol. The number of carboxylic acids is 1. The van der Waals surface area contributed by atoms with E-state index in [2.05, 4.69) is 5.32 Å². The third-order valence-electron chi connectivity index (χ3n) is 2.89. The lowest BCUT2D eigenvalue weighted by atomic mass is 9.94. The molecule has 120 valence electrons. The van der Waals surface area contributed by atoms with Crippen LogP contribution in [-0.2, 0) is 14.6 Å². The van der Waals surface area contributed by atoms with Gasteiger partial charge in [0, 0.05) is 18.1 Å². The summed E-state index contributed by atoms with van der Waals surface area (Å²) in [5.41, 5.74) is -0.883. The van der Waals surface area contributed by atoms with Gasteiger partial charge in [0.2, 0.25) is 0 Å². The Morgan fingerprint density at radius 3 is 2.35 bits per heavy atom. The summed E-state index contributed by atoms with van der Waals surface area (Å²) in [7, 11) is -2.87. The molecule has 0 saturated carbocycles. The molecule has 0 amide bonds. The maximum absolute atomic E-state index is 11.3. The van der Waals surface area contributed by atoms with Gasteiger partial charge in [-0.05, 0) is 39.4 Å². The summed E-state index contributed by atoms with van der Waals surface area (Å²) in [6.45, 7) is 5.58. The highest BCUT2D eigenvalue weighted by atomic mass is 32.2. The lowest BCUT2D eigenvalue weighted by Gasteiger charge is -2.28. The quantitative estimate of drug-likeness (QED) is 0.563.